The number of ether oxygens (including phenoxy) is 2. The number of nitrogens with zero attached hydrogens (tertiary/aromatic N) is 2. The lowest BCUT2D eigenvalue weighted by molar-refractivity contribution is -0.114. The smallest absolute Gasteiger partial charge is 0.362 e. The van der Waals surface area contributed by atoms with Gasteiger partial charge in [-0.2, -0.15) is 10.1 Å². The molecule has 2 N–H and O–H groups in total. The summed E-state index contributed by atoms with van der Waals surface area (Å²) in [7, 11) is 3.11. The van der Waals surface area contributed by atoms with Gasteiger partial charge in [0, 0.05) is 6.20 Å². The first-order valence-electron chi connectivity index (χ1n) is 10.7. The number of para-hydroxylation sites is 4. The number of nitrogens with one attached hydrogen (secondary N) is 2. The van der Waals surface area contributed by atoms with E-state index < -0.39 is 5.97 Å². The molecule has 178 valence electrons. The predicted octanol–water partition coefficient (Wildman–Crippen LogP) is 4.61. The first-order valence-corrected chi connectivity index (χ1v) is 10.7. The van der Waals surface area contributed by atoms with E-state index in [1.54, 1.807) is 62.7 Å². The first-order chi connectivity index (χ1) is 17.0. The maximum Gasteiger partial charge on any atom is 0.362 e. The van der Waals surface area contributed by atoms with E-state index in [-0.39, 0.29) is 5.91 Å². The average molecular weight is 473 g/mol. The molecular weight excluding hydrogens is 448 g/mol. The fraction of sp³-hybridized carbons (Fsp3) is 0.115. The number of hydrazone groups is 1. The van der Waals surface area contributed by atoms with E-state index in [0.29, 0.717) is 39.7 Å². The van der Waals surface area contributed by atoms with Gasteiger partial charge in [-0.05, 0) is 55.5 Å². The van der Waals surface area contributed by atoms with Crippen LogP contribution < -0.4 is 25.3 Å². The van der Waals surface area contributed by atoms with Gasteiger partial charge >= 0.3 is 5.97 Å². The van der Waals surface area contributed by atoms with Crippen molar-refractivity contribution in [3.8, 4) is 11.5 Å². The predicted molar refractivity (Wildman–Crippen MR) is 134 cm³/mol. The molecule has 1 aliphatic rings. The second kappa shape index (κ2) is 10.4. The van der Waals surface area contributed by atoms with Crippen LogP contribution in [0.1, 0.15) is 17.3 Å². The SMILES string of the molecule is COc1ccccc1NC=C1C(=O)N(c2ccc(C(=O)ONc3ccccc3OC)cc2)N=C1C. The van der Waals surface area contributed by atoms with Crippen LogP contribution in [0.5, 0.6) is 11.5 Å². The van der Waals surface area contributed by atoms with Crippen LogP contribution in [0.3, 0.4) is 0 Å². The number of hydrogen-bond acceptors (Lipinski definition) is 8. The summed E-state index contributed by atoms with van der Waals surface area (Å²) in [6, 6.07) is 20.9. The number of rotatable bonds is 8. The van der Waals surface area contributed by atoms with E-state index in [0.717, 1.165) is 5.69 Å². The Morgan fingerprint density at radius 3 is 2.14 bits per heavy atom. The summed E-state index contributed by atoms with van der Waals surface area (Å²) in [5.41, 5.74) is 5.65. The molecule has 0 fully saturated rings. The number of anilines is 3. The normalized spacial score (nSPS) is 13.9. The molecule has 35 heavy (non-hydrogen) atoms. The number of benzene rings is 3. The molecule has 0 aliphatic carbocycles. The van der Waals surface area contributed by atoms with Crippen LogP contribution in [-0.4, -0.2) is 31.8 Å². The van der Waals surface area contributed by atoms with Gasteiger partial charge in [0.05, 0.1) is 42.4 Å². The topological polar surface area (TPSA) is 101 Å². The lowest BCUT2D eigenvalue weighted by Crippen LogP contribution is -2.22. The number of carbonyl (C=O) groups is 2. The van der Waals surface area contributed by atoms with Crippen molar-refractivity contribution >= 4 is 34.7 Å². The van der Waals surface area contributed by atoms with Crippen LogP contribution >= 0.6 is 0 Å². The van der Waals surface area contributed by atoms with Gasteiger partial charge in [0.15, 0.2) is 0 Å². The molecule has 1 aliphatic heterocycles. The van der Waals surface area contributed by atoms with Crippen LogP contribution in [0.2, 0.25) is 0 Å². The lowest BCUT2D eigenvalue weighted by Gasteiger charge is -2.13. The minimum absolute atomic E-state index is 0.293. The molecule has 0 spiro atoms. The molecule has 3 aromatic carbocycles. The van der Waals surface area contributed by atoms with Crippen molar-refractivity contribution in [1.29, 1.82) is 0 Å². The highest BCUT2D eigenvalue weighted by Crippen LogP contribution is 2.27. The molecule has 0 bridgehead atoms. The van der Waals surface area contributed by atoms with Gasteiger partial charge in [-0.1, -0.05) is 24.3 Å². The average Bonchev–Trinajstić information content (AvgIpc) is 3.19. The summed E-state index contributed by atoms with van der Waals surface area (Å²) >= 11 is 0. The van der Waals surface area contributed by atoms with Crippen LogP contribution in [0, 0.1) is 0 Å². The van der Waals surface area contributed by atoms with Crippen LogP contribution in [0.25, 0.3) is 0 Å². The fourth-order valence-corrected chi connectivity index (χ4v) is 3.40. The van der Waals surface area contributed by atoms with Crippen LogP contribution in [0.15, 0.2) is 89.7 Å². The highest BCUT2D eigenvalue weighted by Gasteiger charge is 2.29. The molecule has 1 heterocycles. The van der Waals surface area contributed by atoms with E-state index in [4.69, 9.17) is 14.3 Å². The van der Waals surface area contributed by atoms with Gasteiger partial charge in [-0.25, -0.2) is 10.3 Å². The Bertz CT molecular complexity index is 1300. The van der Waals surface area contributed by atoms with Gasteiger partial charge in [0.25, 0.3) is 5.91 Å². The molecule has 1 amide bonds. The number of amides is 1. The lowest BCUT2D eigenvalue weighted by atomic mass is 10.1. The zero-order chi connectivity index (χ0) is 24.8. The highest BCUT2D eigenvalue weighted by atomic mass is 16.7. The first kappa shape index (κ1) is 23.4. The Morgan fingerprint density at radius 1 is 0.886 bits per heavy atom. The highest BCUT2D eigenvalue weighted by molar-refractivity contribution is 6.29. The quantitative estimate of drug-likeness (QED) is 0.365. The van der Waals surface area contributed by atoms with E-state index in [9.17, 15) is 9.59 Å². The van der Waals surface area contributed by atoms with Crippen molar-refractivity contribution in [3.63, 3.8) is 0 Å². The van der Waals surface area contributed by atoms with E-state index >= 15 is 0 Å². The summed E-state index contributed by atoms with van der Waals surface area (Å²) in [6.07, 6.45) is 1.61. The van der Waals surface area contributed by atoms with Gasteiger partial charge in [0.2, 0.25) is 0 Å². The minimum atomic E-state index is -0.587. The van der Waals surface area contributed by atoms with Crippen molar-refractivity contribution < 1.29 is 23.9 Å². The molecule has 0 saturated carbocycles. The number of methoxy groups -OCH3 is 2. The molecule has 0 radical (unpaired) electrons. The molecule has 3 aromatic rings. The van der Waals surface area contributed by atoms with Crippen LogP contribution in [-0.2, 0) is 9.63 Å². The third kappa shape index (κ3) is 5.09. The second-order valence-electron chi connectivity index (χ2n) is 7.44. The zero-order valence-corrected chi connectivity index (χ0v) is 19.4. The van der Waals surface area contributed by atoms with Gasteiger partial charge < -0.3 is 19.6 Å². The Labute approximate surface area is 202 Å². The number of hydrogen-bond donors (Lipinski definition) is 2. The van der Waals surface area contributed by atoms with Gasteiger partial charge in [0.1, 0.15) is 17.2 Å². The Morgan fingerprint density at radius 2 is 1.49 bits per heavy atom. The standard InChI is InChI=1S/C26H24N4O5/c1-17-20(16-27-21-8-4-6-10-23(21)33-2)25(31)30(28-17)19-14-12-18(13-15-19)26(32)35-29-22-9-5-7-11-24(22)34-3/h4-16,27,29H,1-3H3. The van der Waals surface area contributed by atoms with Crippen LogP contribution in [0.4, 0.5) is 17.1 Å². The maximum absolute atomic E-state index is 13.0. The Kier molecular flexibility index (Phi) is 6.96. The van der Waals surface area contributed by atoms with Gasteiger partial charge in [-0.3, -0.25) is 4.79 Å². The molecule has 0 saturated heterocycles. The van der Waals surface area contributed by atoms with E-state index in [1.807, 2.05) is 30.3 Å². The number of carbonyl (C=O) groups excluding carboxylic acids is 2. The van der Waals surface area contributed by atoms with Crippen molar-refractivity contribution in [3.05, 3.63) is 90.1 Å². The molecule has 4 rings (SSSR count). The van der Waals surface area contributed by atoms with Crippen molar-refractivity contribution in [2.45, 2.75) is 6.92 Å². The monoisotopic (exact) mass is 472 g/mol. The molecule has 9 nitrogen and oxygen atoms in total. The van der Waals surface area contributed by atoms with Crippen molar-refractivity contribution in [2.75, 3.05) is 30.0 Å². The van der Waals surface area contributed by atoms with Gasteiger partial charge in [-0.15, -0.1) is 0 Å². The zero-order valence-electron chi connectivity index (χ0n) is 19.4. The van der Waals surface area contributed by atoms with E-state index in [1.165, 1.54) is 12.1 Å². The summed E-state index contributed by atoms with van der Waals surface area (Å²) < 4.78 is 10.5. The van der Waals surface area contributed by atoms with E-state index in [2.05, 4.69) is 15.9 Å². The Hall–Kier alpha value is -4.79. The molecule has 0 aromatic heterocycles. The summed E-state index contributed by atoms with van der Waals surface area (Å²) in [6.45, 7) is 1.75. The molecule has 0 unspecified atom stereocenters. The Balaban J connectivity index is 1.42. The fourth-order valence-electron chi connectivity index (χ4n) is 3.40. The summed E-state index contributed by atoms with van der Waals surface area (Å²) in [5.74, 6) is 0.318. The molecular formula is C26H24N4O5. The third-order valence-corrected chi connectivity index (χ3v) is 5.25. The largest absolute Gasteiger partial charge is 0.495 e. The third-order valence-electron chi connectivity index (χ3n) is 5.25. The summed E-state index contributed by atoms with van der Waals surface area (Å²) in [5, 5.41) is 8.76. The summed E-state index contributed by atoms with van der Waals surface area (Å²) in [4.78, 5) is 30.6. The van der Waals surface area contributed by atoms with Crippen molar-refractivity contribution in [2.24, 2.45) is 5.10 Å². The molecule has 9 heteroatoms. The maximum atomic E-state index is 13.0. The van der Waals surface area contributed by atoms with Crippen molar-refractivity contribution in [1.82, 2.24) is 0 Å². The second-order valence-corrected chi connectivity index (χ2v) is 7.44. The molecule has 0 atom stereocenters. The minimum Gasteiger partial charge on any atom is -0.495 e.